The molecule has 1 aliphatic heterocycles. The highest BCUT2D eigenvalue weighted by atomic mass is 32.2. The summed E-state index contributed by atoms with van der Waals surface area (Å²) >= 11 is 0. The van der Waals surface area contributed by atoms with E-state index in [0.717, 1.165) is 29.9 Å². The van der Waals surface area contributed by atoms with Crippen LogP contribution >= 0.6 is 0 Å². The Kier molecular flexibility index (Phi) is 4.35. The normalized spacial score (nSPS) is 21.7. The first-order chi connectivity index (χ1) is 12.0. The fourth-order valence-electron chi connectivity index (χ4n) is 3.14. The number of ether oxygens (including phenoxy) is 1. The van der Waals surface area contributed by atoms with Crippen molar-refractivity contribution in [3.8, 4) is 0 Å². The predicted molar refractivity (Wildman–Crippen MR) is 92.1 cm³/mol. The molecule has 0 radical (unpaired) electrons. The van der Waals surface area contributed by atoms with Gasteiger partial charge in [0.05, 0.1) is 42.4 Å². The molecule has 8 heteroatoms. The minimum atomic E-state index is -3.26. The van der Waals surface area contributed by atoms with Gasteiger partial charge in [-0.2, -0.15) is 9.40 Å². The average Bonchev–Trinajstić information content (AvgIpc) is 3.38. The second-order valence-corrected chi connectivity index (χ2v) is 8.96. The van der Waals surface area contributed by atoms with E-state index in [1.54, 1.807) is 10.5 Å². The highest BCUT2D eigenvalue weighted by Crippen LogP contribution is 2.32. The Balaban J connectivity index is 1.52. The van der Waals surface area contributed by atoms with Crippen molar-refractivity contribution in [2.45, 2.75) is 50.8 Å². The molecule has 3 heterocycles. The molecule has 2 aromatic heterocycles. The molecule has 1 atom stereocenters. The third kappa shape index (κ3) is 3.61. The molecule has 1 saturated carbocycles. The van der Waals surface area contributed by atoms with Gasteiger partial charge >= 0.3 is 0 Å². The van der Waals surface area contributed by atoms with Crippen LogP contribution in [0.15, 0.2) is 30.5 Å². The molecule has 134 valence electrons. The SMILES string of the molecule is Cc1cccc(COC2CN(S(=O)(=O)C3CC3)Cc3ccnn3C2)n1. The second kappa shape index (κ2) is 6.51. The van der Waals surface area contributed by atoms with E-state index in [9.17, 15) is 8.42 Å². The van der Waals surface area contributed by atoms with Crippen LogP contribution in [0.2, 0.25) is 0 Å². The largest absolute Gasteiger partial charge is 0.369 e. The van der Waals surface area contributed by atoms with Crippen LogP contribution in [0.5, 0.6) is 0 Å². The highest BCUT2D eigenvalue weighted by Gasteiger charge is 2.42. The van der Waals surface area contributed by atoms with Gasteiger partial charge in [0.25, 0.3) is 0 Å². The summed E-state index contributed by atoms with van der Waals surface area (Å²) in [6.07, 6.45) is 2.98. The molecule has 0 amide bonds. The molecule has 0 bridgehead atoms. The second-order valence-electron chi connectivity index (χ2n) is 6.74. The van der Waals surface area contributed by atoms with E-state index in [1.807, 2.05) is 35.9 Å². The third-order valence-electron chi connectivity index (χ3n) is 4.65. The minimum Gasteiger partial charge on any atom is -0.369 e. The molecule has 1 unspecified atom stereocenters. The molecule has 0 aromatic carbocycles. The van der Waals surface area contributed by atoms with E-state index in [4.69, 9.17) is 4.74 Å². The predicted octanol–water partition coefficient (Wildman–Crippen LogP) is 1.48. The average molecular weight is 362 g/mol. The van der Waals surface area contributed by atoms with Crippen LogP contribution in [-0.4, -0.2) is 45.4 Å². The molecule has 0 N–H and O–H groups in total. The zero-order chi connectivity index (χ0) is 17.4. The summed E-state index contributed by atoms with van der Waals surface area (Å²) in [6, 6.07) is 7.68. The van der Waals surface area contributed by atoms with Crippen molar-refractivity contribution in [3.05, 3.63) is 47.5 Å². The van der Waals surface area contributed by atoms with E-state index in [1.165, 1.54) is 0 Å². The lowest BCUT2D eigenvalue weighted by Crippen LogP contribution is -2.39. The van der Waals surface area contributed by atoms with E-state index in [0.29, 0.717) is 26.2 Å². The quantitative estimate of drug-likeness (QED) is 0.805. The van der Waals surface area contributed by atoms with Crippen LogP contribution in [0.4, 0.5) is 0 Å². The van der Waals surface area contributed by atoms with Gasteiger partial charge in [-0.05, 0) is 38.0 Å². The third-order valence-corrected chi connectivity index (χ3v) is 6.96. The lowest BCUT2D eigenvalue weighted by atomic mass is 10.3. The number of aromatic nitrogens is 3. The topological polar surface area (TPSA) is 77.3 Å². The van der Waals surface area contributed by atoms with Gasteiger partial charge in [0, 0.05) is 18.4 Å². The van der Waals surface area contributed by atoms with Gasteiger partial charge in [0.1, 0.15) is 0 Å². The van der Waals surface area contributed by atoms with Crippen LogP contribution in [0, 0.1) is 6.92 Å². The van der Waals surface area contributed by atoms with Crippen molar-refractivity contribution >= 4 is 10.0 Å². The summed E-state index contributed by atoms with van der Waals surface area (Å²) in [5, 5.41) is 4.09. The number of hydrogen-bond acceptors (Lipinski definition) is 5. The summed E-state index contributed by atoms with van der Waals surface area (Å²) < 4.78 is 34.9. The lowest BCUT2D eigenvalue weighted by Gasteiger charge is -2.23. The van der Waals surface area contributed by atoms with Crippen molar-refractivity contribution in [2.24, 2.45) is 0 Å². The Morgan fingerprint density at radius 1 is 1.24 bits per heavy atom. The van der Waals surface area contributed by atoms with Crippen molar-refractivity contribution in [2.75, 3.05) is 6.54 Å². The van der Waals surface area contributed by atoms with Crippen molar-refractivity contribution in [1.82, 2.24) is 19.1 Å². The maximum atomic E-state index is 12.7. The molecule has 2 aromatic rings. The van der Waals surface area contributed by atoms with Crippen LogP contribution in [0.1, 0.15) is 29.9 Å². The zero-order valence-corrected chi connectivity index (χ0v) is 15.0. The smallest absolute Gasteiger partial charge is 0.217 e. The van der Waals surface area contributed by atoms with E-state index < -0.39 is 10.0 Å². The molecule has 1 aliphatic carbocycles. The summed E-state index contributed by atoms with van der Waals surface area (Å²) in [7, 11) is -3.26. The van der Waals surface area contributed by atoms with Gasteiger partial charge in [0.15, 0.2) is 0 Å². The van der Waals surface area contributed by atoms with Crippen LogP contribution in [0.25, 0.3) is 0 Å². The highest BCUT2D eigenvalue weighted by molar-refractivity contribution is 7.90. The fourth-order valence-corrected chi connectivity index (χ4v) is 4.98. The van der Waals surface area contributed by atoms with E-state index >= 15 is 0 Å². The number of sulfonamides is 1. The molecule has 0 saturated heterocycles. The molecule has 25 heavy (non-hydrogen) atoms. The molecule has 2 aliphatic rings. The maximum absolute atomic E-state index is 12.7. The molecular formula is C17H22N4O3S. The molecule has 1 fully saturated rings. The number of fused-ring (bicyclic) bond motifs is 1. The Hall–Kier alpha value is -1.77. The monoisotopic (exact) mass is 362 g/mol. The molecule has 7 nitrogen and oxygen atoms in total. The minimum absolute atomic E-state index is 0.221. The van der Waals surface area contributed by atoms with Gasteiger partial charge < -0.3 is 4.74 Å². The first-order valence-corrected chi connectivity index (χ1v) is 10.1. The van der Waals surface area contributed by atoms with Gasteiger partial charge in [-0.1, -0.05) is 6.07 Å². The van der Waals surface area contributed by atoms with Crippen LogP contribution < -0.4 is 0 Å². The van der Waals surface area contributed by atoms with Crippen LogP contribution in [-0.2, 0) is 34.5 Å². The Bertz CT molecular complexity index is 860. The first kappa shape index (κ1) is 16.7. The first-order valence-electron chi connectivity index (χ1n) is 8.56. The van der Waals surface area contributed by atoms with Crippen molar-refractivity contribution < 1.29 is 13.2 Å². The lowest BCUT2D eigenvalue weighted by molar-refractivity contribution is 0.0188. The number of nitrogens with zero attached hydrogens (tertiary/aromatic N) is 4. The summed E-state index contributed by atoms with van der Waals surface area (Å²) in [6.45, 7) is 3.57. The number of rotatable bonds is 5. The number of aryl methyl sites for hydroxylation is 1. The van der Waals surface area contributed by atoms with Gasteiger partial charge in [-0.3, -0.25) is 9.67 Å². The van der Waals surface area contributed by atoms with Gasteiger partial charge in [0.2, 0.25) is 10.0 Å². The summed E-state index contributed by atoms with van der Waals surface area (Å²) in [4.78, 5) is 4.44. The van der Waals surface area contributed by atoms with E-state index in [-0.39, 0.29) is 11.4 Å². The molecular weight excluding hydrogens is 340 g/mol. The van der Waals surface area contributed by atoms with Crippen molar-refractivity contribution in [1.29, 1.82) is 0 Å². The summed E-state index contributed by atoms with van der Waals surface area (Å²) in [5.41, 5.74) is 2.69. The molecule has 4 rings (SSSR count). The number of pyridine rings is 1. The Morgan fingerprint density at radius 2 is 2.08 bits per heavy atom. The summed E-state index contributed by atoms with van der Waals surface area (Å²) in [5.74, 6) is 0. The van der Waals surface area contributed by atoms with Gasteiger partial charge in [-0.25, -0.2) is 8.42 Å². The fraction of sp³-hybridized carbons (Fsp3) is 0.529. The van der Waals surface area contributed by atoms with Crippen LogP contribution in [0.3, 0.4) is 0 Å². The maximum Gasteiger partial charge on any atom is 0.217 e. The van der Waals surface area contributed by atoms with E-state index in [2.05, 4.69) is 10.1 Å². The van der Waals surface area contributed by atoms with Crippen molar-refractivity contribution in [3.63, 3.8) is 0 Å². The van der Waals surface area contributed by atoms with Gasteiger partial charge in [-0.15, -0.1) is 0 Å². The number of hydrogen-bond donors (Lipinski definition) is 0. The Labute approximate surface area is 147 Å². The Morgan fingerprint density at radius 3 is 2.84 bits per heavy atom. The standard InChI is InChI=1S/C17H22N4O3S/c1-13-3-2-4-14(19-13)12-24-16-10-20(25(22,23)17-5-6-17)9-15-7-8-18-21(15)11-16/h2-4,7-8,16-17H,5-6,9-12H2,1H3. The molecule has 0 spiro atoms. The zero-order valence-electron chi connectivity index (χ0n) is 14.2.